The molecule has 0 bridgehead atoms. The van der Waals surface area contributed by atoms with Gasteiger partial charge in [0.2, 0.25) is 0 Å². The molecule has 2 aromatic rings. The summed E-state index contributed by atoms with van der Waals surface area (Å²) in [4.78, 5) is 15.3. The molecule has 0 aromatic heterocycles. The Morgan fingerprint density at radius 1 is 1.28 bits per heavy atom. The molecule has 192 valence electrons. The first kappa shape index (κ1) is 24.1. The Labute approximate surface area is 218 Å². The third-order valence-electron chi connectivity index (χ3n) is 9.19. The van der Waals surface area contributed by atoms with Gasteiger partial charge in [-0.05, 0) is 96.7 Å². The van der Waals surface area contributed by atoms with E-state index in [0.717, 1.165) is 55.2 Å². The van der Waals surface area contributed by atoms with Gasteiger partial charge in [-0.1, -0.05) is 31.5 Å². The lowest BCUT2D eigenvalue weighted by atomic mass is 9.69. The third kappa shape index (κ3) is 3.99. The van der Waals surface area contributed by atoms with E-state index in [1.807, 2.05) is 38.1 Å². The molecule has 2 saturated carbocycles. The quantitative estimate of drug-likeness (QED) is 0.510. The van der Waals surface area contributed by atoms with E-state index in [4.69, 9.17) is 21.1 Å². The van der Waals surface area contributed by atoms with Crippen molar-refractivity contribution < 1.29 is 19.4 Å². The molecule has 0 radical (unpaired) electrons. The number of aliphatic hydroxyl groups excluding tert-OH is 1. The molecule has 4 atom stereocenters. The Kier molecular flexibility index (Phi) is 6.00. The van der Waals surface area contributed by atoms with Crippen LogP contribution in [0.15, 0.2) is 36.4 Å². The van der Waals surface area contributed by atoms with Gasteiger partial charge in [-0.15, -0.1) is 0 Å². The fourth-order valence-electron chi connectivity index (χ4n) is 7.11. The van der Waals surface area contributed by atoms with Crippen molar-refractivity contribution in [3.8, 4) is 5.75 Å². The zero-order valence-electron chi connectivity index (χ0n) is 21.3. The fourth-order valence-corrected chi connectivity index (χ4v) is 7.31. The van der Waals surface area contributed by atoms with Gasteiger partial charge in [0, 0.05) is 30.1 Å². The number of fused-ring (bicyclic) bond motifs is 4. The summed E-state index contributed by atoms with van der Waals surface area (Å²) in [7, 11) is 0. The fraction of sp³-hybridized carbons (Fsp3) is 0.567. The molecule has 1 heterocycles. The standard InChI is InChI=1S/C30H36ClNO4/c1-19(2)15-35-28(34)21-5-8-27-26(11-21)32(17-30-13-22(30)12-23(30)14-33)16-29(18-36-27)9-3-4-20-10-24(31)6-7-25(20)29/h5-8,10-11,19,22-23,33H,3-4,9,12-18H2,1-2H3/t22?,23-,29-,30?/m0/s1. The van der Waals surface area contributed by atoms with E-state index in [-0.39, 0.29) is 29.3 Å². The van der Waals surface area contributed by atoms with Gasteiger partial charge in [-0.25, -0.2) is 4.79 Å². The maximum Gasteiger partial charge on any atom is 0.338 e. The van der Waals surface area contributed by atoms with Gasteiger partial charge in [0.15, 0.2) is 0 Å². The first-order valence-electron chi connectivity index (χ1n) is 13.4. The van der Waals surface area contributed by atoms with E-state index in [1.165, 1.54) is 17.5 Å². The molecule has 2 aromatic carbocycles. The molecule has 1 spiro atoms. The van der Waals surface area contributed by atoms with Crippen LogP contribution in [-0.2, 0) is 16.6 Å². The zero-order valence-corrected chi connectivity index (χ0v) is 22.0. The van der Waals surface area contributed by atoms with Crippen LogP contribution in [0.2, 0.25) is 5.02 Å². The van der Waals surface area contributed by atoms with Gasteiger partial charge in [0.25, 0.3) is 0 Å². The largest absolute Gasteiger partial charge is 0.490 e. The highest BCUT2D eigenvalue weighted by atomic mass is 35.5. The number of hydrogen-bond donors (Lipinski definition) is 1. The molecule has 2 fully saturated rings. The molecule has 6 rings (SSSR count). The Hall–Kier alpha value is -2.24. The minimum absolute atomic E-state index is 0.144. The number of ether oxygens (including phenoxy) is 2. The summed E-state index contributed by atoms with van der Waals surface area (Å²) < 4.78 is 12.1. The topological polar surface area (TPSA) is 59.0 Å². The summed E-state index contributed by atoms with van der Waals surface area (Å²) in [6, 6.07) is 12.0. The average molecular weight is 510 g/mol. The van der Waals surface area contributed by atoms with Crippen molar-refractivity contribution in [2.45, 2.75) is 51.4 Å². The summed E-state index contributed by atoms with van der Waals surface area (Å²) in [6.07, 6.45) is 5.49. The number of hydrogen-bond acceptors (Lipinski definition) is 5. The average Bonchev–Trinajstić information content (AvgIpc) is 3.47. The van der Waals surface area contributed by atoms with Crippen molar-refractivity contribution in [2.24, 2.45) is 23.2 Å². The highest BCUT2D eigenvalue weighted by Crippen LogP contribution is 2.71. The van der Waals surface area contributed by atoms with Crippen LogP contribution >= 0.6 is 11.6 Å². The minimum Gasteiger partial charge on any atom is -0.490 e. The molecule has 4 aliphatic rings. The van der Waals surface area contributed by atoms with Crippen LogP contribution in [0.4, 0.5) is 5.69 Å². The number of aryl methyl sites for hydroxylation is 1. The van der Waals surface area contributed by atoms with Crippen molar-refractivity contribution >= 4 is 23.3 Å². The SMILES string of the molecule is CC(C)COC(=O)c1ccc2c(c1)N(CC13CC1C[C@H]3CO)C[C@@]1(CCCc3cc(Cl)ccc31)CO2. The number of nitrogens with zero attached hydrogens (tertiary/aromatic N) is 1. The van der Waals surface area contributed by atoms with E-state index in [9.17, 15) is 9.90 Å². The Morgan fingerprint density at radius 2 is 2.14 bits per heavy atom. The molecule has 3 aliphatic carbocycles. The second-order valence-corrected chi connectivity index (χ2v) is 12.4. The summed E-state index contributed by atoms with van der Waals surface area (Å²) in [5.74, 6) is 1.89. The van der Waals surface area contributed by atoms with Crippen molar-refractivity contribution in [1.82, 2.24) is 0 Å². The number of carbonyl (C=O) groups excluding carboxylic acids is 1. The molecule has 5 nitrogen and oxygen atoms in total. The molecule has 1 aliphatic heterocycles. The van der Waals surface area contributed by atoms with Crippen LogP contribution in [0.3, 0.4) is 0 Å². The monoisotopic (exact) mass is 509 g/mol. The van der Waals surface area contributed by atoms with Gasteiger partial charge in [-0.2, -0.15) is 0 Å². The van der Waals surface area contributed by atoms with E-state index < -0.39 is 0 Å². The lowest BCUT2D eigenvalue weighted by molar-refractivity contribution is 0.0459. The van der Waals surface area contributed by atoms with E-state index >= 15 is 0 Å². The number of esters is 1. The van der Waals surface area contributed by atoms with Crippen LogP contribution in [0.5, 0.6) is 5.75 Å². The van der Waals surface area contributed by atoms with Crippen LogP contribution in [0, 0.1) is 23.2 Å². The second kappa shape index (κ2) is 8.95. The lowest BCUT2D eigenvalue weighted by Crippen LogP contribution is -2.49. The molecular formula is C30H36ClNO4. The molecule has 36 heavy (non-hydrogen) atoms. The van der Waals surface area contributed by atoms with Crippen LogP contribution in [0.25, 0.3) is 0 Å². The van der Waals surface area contributed by atoms with Crippen LogP contribution in [-0.4, -0.2) is 44.0 Å². The first-order chi connectivity index (χ1) is 17.3. The van der Waals surface area contributed by atoms with Gasteiger partial charge in [0.1, 0.15) is 5.75 Å². The highest BCUT2D eigenvalue weighted by molar-refractivity contribution is 6.30. The molecule has 0 saturated heterocycles. The van der Waals surface area contributed by atoms with E-state index in [2.05, 4.69) is 17.0 Å². The number of rotatable bonds is 6. The smallest absolute Gasteiger partial charge is 0.338 e. The van der Waals surface area contributed by atoms with Crippen molar-refractivity contribution in [3.63, 3.8) is 0 Å². The Morgan fingerprint density at radius 3 is 2.89 bits per heavy atom. The van der Waals surface area contributed by atoms with E-state index in [0.29, 0.717) is 30.6 Å². The summed E-state index contributed by atoms with van der Waals surface area (Å²) in [6.45, 7) is 7.04. The minimum atomic E-state index is -0.289. The molecule has 1 N–H and O–H groups in total. The van der Waals surface area contributed by atoms with Crippen LogP contribution in [0.1, 0.15) is 61.0 Å². The summed E-state index contributed by atoms with van der Waals surface area (Å²) >= 11 is 6.37. The Bertz CT molecular complexity index is 1180. The first-order valence-corrected chi connectivity index (χ1v) is 13.8. The highest BCUT2D eigenvalue weighted by Gasteiger charge is 2.67. The van der Waals surface area contributed by atoms with Crippen molar-refractivity contribution in [2.75, 3.05) is 37.8 Å². The summed E-state index contributed by atoms with van der Waals surface area (Å²) in [5, 5.41) is 10.8. The number of halogens is 1. The number of aliphatic hydroxyl groups is 1. The molecule has 2 unspecified atom stereocenters. The number of benzene rings is 2. The third-order valence-corrected chi connectivity index (χ3v) is 9.42. The normalized spacial score (nSPS) is 30.0. The van der Waals surface area contributed by atoms with Crippen molar-refractivity contribution in [3.05, 3.63) is 58.1 Å². The molecule has 6 heteroatoms. The van der Waals surface area contributed by atoms with Gasteiger partial charge >= 0.3 is 5.97 Å². The second-order valence-electron chi connectivity index (χ2n) is 12.0. The van der Waals surface area contributed by atoms with E-state index in [1.54, 1.807) is 0 Å². The predicted molar refractivity (Wildman–Crippen MR) is 141 cm³/mol. The van der Waals surface area contributed by atoms with Crippen LogP contribution < -0.4 is 9.64 Å². The zero-order chi connectivity index (χ0) is 25.1. The lowest BCUT2D eigenvalue weighted by Gasteiger charge is -2.44. The van der Waals surface area contributed by atoms with Gasteiger partial charge < -0.3 is 19.5 Å². The number of anilines is 1. The summed E-state index contributed by atoms with van der Waals surface area (Å²) in [5.41, 5.74) is 4.23. The number of carbonyl (C=O) groups is 1. The van der Waals surface area contributed by atoms with Gasteiger partial charge in [0.05, 0.1) is 24.5 Å². The maximum atomic E-state index is 12.9. The Balaban J connectivity index is 1.38. The molecular weight excluding hydrogens is 474 g/mol. The predicted octanol–water partition coefficient (Wildman–Crippen LogP) is 5.64. The van der Waals surface area contributed by atoms with Gasteiger partial charge in [-0.3, -0.25) is 0 Å². The molecule has 0 amide bonds. The van der Waals surface area contributed by atoms with Crippen molar-refractivity contribution in [1.29, 1.82) is 0 Å². The maximum absolute atomic E-state index is 12.9.